The maximum Gasteiger partial charge on any atom is 0.326 e. The van der Waals surface area contributed by atoms with Crippen molar-refractivity contribution in [2.75, 3.05) is 13.2 Å². The molecule has 0 aromatic heterocycles. The van der Waals surface area contributed by atoms with Crippen LogP contribution < -0.4 is 33.2 Å². The highest BCUT2D eigenvalue weighted by Gasteiger charge is 2.28. The predicted octanol–water partition coefficient (Wildman–Crippen LogP) is -4.22. The molecule has 0 saturated heterocycles. The standard InChI is InChI=1S/C17H31N7O8/c1-8(22-14(29)9(18)3-2-6-21-17(19)20)13(28)24-11(7-25)15(30)23-10(16(31)32)4-5-12(26)27/h8-11,25H,2-7,18H2,1H3,(H,22,29)(H,23,30)(H,24,28)(H,26,27)(H,31,32)(H4,19,20,21). The van der Waals surface area contributed by atoms with Gasteiger partial charge >= 0.3 is 11.9 Å². The molecule has 0 aliphatic carbocycles. The molecule has 4 unspecified atom stereocenters. The smallest absolute Gasteiger partial charge is 0.326 e. The first-order valence-electron chi connectivity index (χ1n) is 9.66. The van der Waals surface area contributed by atoms with Gasteiger partial charge in [-0.2, -0.15) is 0 Å². The summed E-state index contributed by atoms with van der Waals surface area (Å²) < 4.78 is 0. The van der Waals surface area contributed by atoms with E-state index in [9.17, 15) is 29.1 Å². The quantitative estimate of drug-likeness (QED) is 0.0640. The number of carboxylic acid groups (broad SMARTS) is 2. The van der Waals surface area contributed by atoms with Crippen LogP contribution in [0.1, 0.15) is 32.6 Å². The molecule has 0 spiro atoms. The van der Waals surface area contributed by atoms with Crippen LogP contribution in [-0.4, -0.2) is 88.3 Å². The molecule has 0 radical (unpaired) electrons. The Labute approximate surface area is 183 Å². The molecule has 12 N–H and O–H groups in total. The normalized spacial score (nSPS) is 14.2. The molecule has 4 atom stereocenters. The highest BCUT2D eigenvalue weighted by molar-refractivity contribution is 5.94. The summed E-state index contributed by atoms with van der Waals surface area (Å²) in [7, 11) is 0. The number of aliphatic imine (C=N–C) groups is 1. The number of nitrogens with two attached hydrogens (primary N) is 3. The highest BCUT2D eigenvalue weighted by atomic mass is 16.4. The number of aliphatic carboxylic acids is 2. The van der Waals surface area contributed by atoms with Crippen LogP contribution in [0, 0.1) is 0 Å². The zero-order valence-corrected chi connectivity index (χ0v) is 17.6. The molecular formula is C17H31N7O8. The fourth-order valence-corrected chi connectivity index (χ4v) is 2.32. The van der Waals surface area contributed by atoms with Crippen molar-refractivity contribution in [3.8, 4) is 0 Å². The van der Waals surface area contributed by atoms with Crippen LogP contribution >= 0.6 is 0 Å². The minimum atomic E-state index is -1.53. The number of carbonyl (C=O) groups is 5. The summed E-state index contributed by atoms with van der Waals surface area (Å²) in [6.45, 7) is 0.725. The van der Waals surface area contributed by atoms with Crippen molar-refractivity contribution in [3.63, 3.8) is 0 Å². The molecule has 15 heteroatoms. The Balaban J connectivity index is 4.74. The maximum atomic E-state index is 12.2. The van der Waals surface area contributed by atoms with Gasteiger partial charge in [0.05, 0.1) is 12.6 Å². The molecule has 0 bridgehead atoms. The Morgan fingerprint density at radius 3 is 2.00 bits per heavy atom. The lowest BCUT2D eigenvalue weighted by Crippen LogP contribution is -2.57. The van der Waals surface area contributed by atoms with Crippen molar-refractivity contribution >= 4 is 35.6 Å². The van der Waals surface area contributed by atoms with E-state index in [1.165, 1.54) is 6.92 Å². The predicted molar refractivity (Wildman–Crippen MR) is 111 cm³/mol. The SMILES string of the molecule is CC(NC(=O)C(N)CCCN=C(N)N)C(=O)NC(CO)C(=O)NC(CCC(=O)O)C(=O)O. The van der Waals surface area contributed by atoms with E-state index in [0.717, 1.165) is 0 Å². The van der Waals surface area contributed by atoms with E-state index >= 15 is 0 Å². The molecule has 0 rings (SSSR count). The highest BCUT2D eigenvalue weighted by Crippen LogP contribution is 2.00. The van der Waals surface area contributed by atoms with Gasteiger partial charge in [-0.15, -0.1) is 0 Å². The van der Waals surface area contributed by atoms with E-state index in [4.69, 9.17) is 27.4 Å². The van der Waals surface area contributed by atoms with Crippen LogP contribution in [0.2, 0.25) is 0 Å². The number of carboxylic acids is 2. The van der Waals surface area contributed by atoms with Crippen molar-refractivity contribution in [1.29, 1.82) is 0 Å². The first-order valence-corrected chi connectivity index (χ1v) is 9.66. The maximum absolute atomic E-state index is 12.2. The zero-order valence-electron chi connectivity index (χ0n) is 17.6. The van der Waals surface area contributed by atoms with Crippen LogP contribution in [0.4, 0.5) is 0 Å². The lowest BCUT2D eigenvalue weighted by atomic mass is 10.1. The van der Waals surface area contributed by atoms with E-state index < -0.39 is 73.3 Å². The Morgan fingerprint density at radius 2 is 1.50 bits per heavy atom. The number of rotatable bonds is 15. The second-order valence-corrected chi connectivity index (χ2v) is 6.86. The lowest BCUT2D eigenvalue weighted by Gasteiger charge is -2.22. The molecule has 182 valence electrons. The van der Waals surface area contributed by atoms with Crippen LogP contribution in [0.3, 0.4) is 0 Å². The van der Waals surface area contributed by atoms with E-state index in [1.54, 1.807) is 0 Å². The van der Waals surface area contributed by atoms with Crippen molar-refractivity contribution in [2.45, 2.75) is 56.8 Å². The van der Waals surface area contributed by atoms with Gasteiger partial charge in [0.2, 0.25) is 17.7 Å². The summed E-state index contributed by atoms with van der Waals surface area (Å²) in [5, 5.41) is 33.7. The number of hydrogen-bond donors (Lipinski definition) is 9. The molecule has 0 fully saturated rings. The molecule has 0 aliphatic heterocycles. The first kappa shape index (κ1) is 28.5. The topological polar surface area (TPSA) is 273 Å². The molecule has 32 heavy (non-hydrogen) atoms. The van der Waals surface area contributed by atoms with Crippen LogP contribution in [0.5, 0.6) is 0 Å². The monoisotopic (exact) mass is 461 g/mol. The fraction of sp³-hybridized carbons (Fsp3) is 0.647. The zero-order chi connectivity index (χ0) is 24.8. The third-order valence-electron chi connectivity index (χ3n) is 4.13. The first-order chi connectivity index (χ1) is 14.9. The van der Waals surface area contributed by atoms with Crippen molar-refractivity contribution < 1.29 is 39.3 Å². The number of aliphatic hydroxyl groups is 1. The number of hydrogen-bond acceptors (Lipinski definition) is 8. The van der Waals surface area contributed by atoms with Crippen molar-refractivity contribution in [2.24, 2.45) is 22.2 Å². The summed E-state index contributed by atoms with van der Waals surface area (Å²) in [6.07, 6.45) is -0.239. The molecule has 15 nitrogen and oxygen atoms in total. The number of nitrogens with zero attached hydrogens (tertiary/aromatic N) is 1. The van der Waals surface area contributed by atoms with Crippen LogP contribution in [0.15, 0.2) is 4.99 Å². The lowest BCUT2D eigenvalue weighted by molar-refractivity contribution is -0.143. The van der Waals surface area contributed by atoms with Gasteiger partial charge in [0, 0.05) is 13.0 Å². The third-order valence-corrected chi connectivity index (χ3v) is 4.13. The van der Waals surface area contributed by atoms with Gasteiger partial charge in [-0.25, -0.2) is 4.79 Å². The van der Waals surface area contributed by atoms with Gasteiger partial charge in [-0.3, -0.25) is 24.2 Å². The average molecular weight is 461 g/mol. The van der Waals surface area contributed by atoms with Crippen molar-refractivity contribution in [3.05, 3.63) is 0 Å². The third kappa shape index (κ3) is 11.7. The molecule has 0 aromatic carbocycles. The molecule has 0 aromatic rings. The molecule has 0 saturated carbocycles. The summed E-state index contributed by atoms with van der Waals surface area (Å²) in [5.41, 5.74) is 16.1. The van der Waals surface area contributed by atoms with Gasteiger partial charge in [-0.1, -0.05) is 0 Å². The summed E-state index contributed by atoms with van der Waals surface area (Å²) in [6, 6.07) is -5.13. The molecule has 0 heterocycles. The summed E-state index contributed by atoms with van der Waals surface area (Å²) >= 11 is 0. The molecule has 3 amide bonds. The number of aliphatic hydroxyl groups excluding tert-OH is 1. The Hall–Kier alpha value is -3.46. The Kier molecular flexibility index (Phi) is 13.0. The Bertz CT molecular complexity index is 711. The van der Waals surface area contributed by atoms with E-state index in [2.05, 4.69) is 20.9 Å². The van der Waals surface area contributed by atoms with E-state index in [0.29, 0.717) is 6.42 Å². The van der Waals surface area contributed by atoms with E-state index in [1.807, 2.05) is 0 Å². The minimum absolute atomic E-state index is 0.0904. The summed E-state index contributed by atoms with van der Waals surface area (Å²) in [4.78, 5) is 62.0. The van der Waals surface area contributed by atoms with Crippen LogP contribution in [0.25, 0.3) is 0 Å². The van der Waals surface area contributed by atoms with Gasteiger partial charge in [-0.05, 0) is 26.2 Å². The van der Waals surface area contributed by atoms with Crippen molar-refractivity contribution in [1.82, 2.24) is 16.0 Å². The number of carbonyl (C=O) groups excluding carboxylic acids is 3. The second kappa shape index (κ2) is 14.5. The van der Waals surface area contributed by atoms with Crippen LogP contribution in [-0.2, 0) is 24.0 Å². The molecular weight excluding hydrogens is 430 g/mol. The fourth-order valence-electron chi connectivity index (χ4n) is 2.32. The average Bonchev–Trinajstić information content (AvgIpc) is 2.70. The second-order valence-electron chi connectivity index (χ2n) is 6.86. The number of guanidine groups is 1. The molecule has 0 aliphatic rings. The summed E-state index contributed by atoms with van der Waals surface area (Å²) in [5.74, 6) is -5.32. The van der Waals surface area contributed by atoms with Gasteiger partial charge in [0.25, 0.3) is 0 Å². The van der Waals surface area contributed by atoms with Gasteiger partial charge in [0.1, 0.15) is 18.1 Å². The largest absolute Gasteiger partial charge is 0.481 e. The number of nitrogens with one attached hydrogen (secondary N) is 3. The van der Waals surface area contributed by atoms with Gasteiger partial charge in [0.15, 0.2) is 5.96 Å². The van der Waals surface area contributed by atoms with Gasteiger partial charge < -0.3 is 48.5 Å². The number of amides is 3. The van der Waals surface area contributed by atoms with E-state index in [-0.39, 0.29) is 18.9 Å². The minimum Gasteiger partial charge on any atom is -0.481 e. The Morgan fingerprint density at radius 1 is 0.906 bits per heavy atom.